The predicted octanol–water partition coefficient (Wildman–Crippen LogP) is 4.17. The molecule has 6 rings (SSSR count). The van der Waals surface area contributed by atoms with E-state index in [9.17, 15) is 14.4 Å². The van der Waals surface area contributed by atoms with E-state index in [1.807, 2.05) is 37.3 Å². The first kappa shape index (κ1) is 35.7. The van der Waals surface area contributed by atoms with Crippen molar-refractivity contribution in [1.82, 2.24) is 36.2 Å². The maximum atomic E-state index is 13.5. The number of carbonyl (C=O) groups is 3. The van der Waals surface area contributed by atoms with E-state index in [1.54, 1.807) is 32.5 Å². The highest BCUT2D eigenvalue weighted by Crippen LogP contribution is 2.38. The largest absolute Gasteiger partial charge is 0.495 e. The Morgan fingerprint density at radius 3 is 2.25 bits per heavy atom. The molecule has 1 aromatic carbocycles. The molecule has 0 unspecified atom stereocenters. The van der Waals surface area contributed by atoms with Gasteiger partial charge in [-0.1, -0.05) is 29.8 Å². The van der Waals surface area contributed by atoms with Crippen LogP contribution >= 0.6 is 11.6 Å². The summed E-state index contributed by atoms with van der Waals surface area (Å²) in [5.41, 5.74) is 5.84. The van der Waals surface area contributed by atoms with Gasteiger partial charge in [0.2, 0.25) is 17.7 Å². The van der Waals surface area contributed by atoms with Gasteiger partial charge in [0.05, 0.1) is 36.8 Å². The number of aromatic nitrogens is 3. The number of halogens is 1. The van der Waals surface area contributed by atoms with Gasteiger partial charge in [0.1, 0.15) is 11.4 Å². The third-order valence-corrected chi connectivity index (χ3v) is 9.50. The number of anilines is 1. The summed E-state index contributed by atoms with van der Waals surface area (Å²) in [7, 11) is 3.13. The first-order chi connectivity index (χ1) is 24.7. The van der Waals surface area contributed by atoms with E-state index in [2.05, 4.69) is 36.6 Å². The fraction of sp³-hybridized carbons (Fsp3) is 0.351. The summed E-state index contributed by atoms with van der Waals surface area (Å²) in [6, 6.07) is 13.1. The topological polar surface area (TPSA) is 168 Å². The zero-order valence-corrected chi connectivity index (χ0v) is 29.5. The number of rotatable bonds is 14. The molecule has 13 nitrogen and oxygen atoms in total. The van der Waals surface area contributed by atoms with E-state index in [1.165, 1.54) is 6.20 Å². The smallest absolute Gasteiger partial charge is 0.274 e. The lowest BCUT2D eigenvalue weighted by atomic mass is 10.0. The number of benzene rings is 1. The number of amides is 3. The van der Waals surface area contributed by atoms with Crippen molar-refractivity contribution in [2.75, 3.05) is 32.6 Å². The van der Waals surface area contributed by atoms with Crippen molar-refractivity contribution < 1.29 is 23.9 Å². The van der Waals surface area contributed by atoms with Gasteiger partial charge in [0.25, 0.3) is 5.91 Å². The van der Waals surface area contributed by atoms with Crippen LogP contribution in [0, 0.1) is 6.92 Å². The molecule has 2 saturated heterocycles. The molecule has 0 spiro atoms. The molecule has 5 heterocycles. The van der Waals surface area contributed by atoms with Crippen molar-refractivity contribution in [1.29, 1.82) is 0 Å². The van der Waals surface area contributed by atoms with Crippen LogP contribution in [-0.2, 0) is 22.7 Å². The van der Waals surface area contributed by atoms with Crippen molar-refractivity contribution in [3.05, 3.63) is 82.3 Å². The van der Waals surface area contributed by atoms with Crippen molar-refractivity contribution in [3.8, 4) is 34.1 Å². The lowest BCUT2D eigenvalue weighted by Crippen LogP contribution is -2.35. The molecule has 2 atom stereocenters. The minimum Gasteiger partial charge on any atom is -0.495 e. The highest BCUT2D eigenvalue weighted by molar-refractivity contribution is 6.35. The Bertz CT molecular complexity index is 1940. The molecular weight excluding hydrogens is 672 g/mol. The second-order valence-electron chi connectivity index (χ2n) is 12.6. The molecule has 3 aromatic heterocycles. The molecule has 0 aliphatic carbocycles. The highest BCUT2D eigenvalue weighted by atomic mass is 35.5. The Kier molecular flexibility index (Phi) is 11.4. The summed E-state index contributed by atoms with van der Waals surface area (Å²) in [4.78, 5) is 50.2. The Labute approximate surface area is 301 Å². The maximum absolute atomic E-state index is 13.5. The van der Waals surface area contributed by atoms with Crippen LogP contribution in [0.1, 0.15) is 52.9 Å². The molecule has 5 N–H and O–H groups in total. The Hall–Kier alpha value is -5.11. The lowest BCUT2D eigenvalue weighted by Gasteiger charge is -2.16. The molecular formula is C37H41ClN8O5. The molecule has 2 aliphatic heterocycles. The van der Waals surface area contributed by atoms with Crippen LogP contribution in [-0.4, -0.2) is 72.1 Å². The first-order valence-electron chi connectivity index (χ1n) is 16.9. The average molecular weight is 713 g/mol. The van der Waals surface area contributed by atoms with Crippen LogP contribution in [0.5, 0.6) is 11.6 Å². The van der Waals surface area contributed by atoms with Gasteiger partial charge < -0.3 is 36.1 Å². The Morgan fingerprint density at radius 1 is 0.902 bits per heavy atom. The molecule has 2 fully saturated rings. The second kappa shape index (κ2) is 16.3. The standard InChI is InChI=1S/C37H41ClN8O5/c1-21-26(5-4-6-28(21)45-36(49)30-15-23(31(50-2)20-42-30)17-40-19-25-9-12-33(48)44-25)35-34(38)27(13-14-41-35)29-10-7-22(37(46-29)51-3)16-39-18-24-8-11-32(47)43-24/h4-7,10,13-15,20,24-25,39-40H,8-9,11-12,16-19H2,1-3H3,(H,43,47)(H,44,48)(H,45,49)/t24-,25+/m1/s1. The highest BCUT2D eigenvalue weighted by Gasteiger charge is 2.22. The molecule has 0 bridgehead atoms. The molecule has 14 heteroatoms. The zero-order valence-electron chi connectivity index (χ0n) is 28.8. The van der Waals surface area contributed by atoms with Crippen molar-refractivity contribution in [3.63, 3.8) is 0 Å². The summed E-state index contributed by atoms with van der Waals surface area (Å²) in [5, 5.41) is 16.0. The van der Waals surface area contributed by atoms with E-state index in [4.69, 9.17) is 26.1 Å². The number of pyridine rings is 3. The second-order valence-corrected chi connectivity index (χ2v) is 12.9. The van der Waals surface area contributed by atoms with E-state index in [-0.39, 0.29) is 35.5 Å². The van der Waals surface area contributed by atoms with Crippen LogP contribution in [0.3, 0.4) is 0 Å². The van der Waals surface area contributed by atoms with Crippen LogP contribution in [0.25, 0.3) is 22.5 Å². The number of carbonyl (C=O) groups excluding carboxylic acids is 3. The average Bonchev–Trinajstić information content (AvgIpc) is 3.76. The Morgan fingerprint density at radius 2 is 1.61 bits per heavy atom. The normalized spacial score (nSPS) is 16.9. The molecule has 0 radical (unpaired) electrons. The van der Waals surface area contributed by atoms with Gasteiger partial charge in [-0.2, -0.15) is 0 Å². The van der Waals surface area contributed by atoms with E-state index in [0.29, 0.717) is 78.3 Å². The molecule has 3 amide bonds. The third-order valence-electron chi connectivity index (χ3n) is 9.12. The van der Waals surface area contributed by atoms with Gasteiger partial charge in [0, 0.05) is 85.2 Å². The predicted molar refractivity (Wildman–Crippen MR) is 194 cm³/mol. The number of hydrogen-bond acceptors (Lipinski definition) is 10. The molecule has 2 aliphatic rings. The fourth-order valence-electron chi connectivity index (χ4n) is 6.33. The van der Waals surface area contributed by atoms with Gasteiger partial charge in [-0.15, -0.1) is 0 Å². The van der Waals surface area contributed by atoms with E-state index >= 15 is 0 Å². The van der Waals surface area contributed by atoms with Crippen LogP contribution in [0.4, 0.5) is 5.69 Å². The number of nitrogens with one attached hydrogen (secondary N) is 5. The quantitative estimate of drug-likeness (QED) is 0.128. The maximum Gasteiger partial charge on any atom is 0.274 e. The van der Waals surface area contributed by atoms with E-state index in [0.717, 1.165) is 35.1 Å². The van der Waals surface area contributed by atoms with Crippen molar-refractivity contribution >= 4 is 35.0 Å². The van der Waals surface area contributed by atoms with Crippen LogP contribution in [0.15, 0.2) is 54.9 Å². The minimum atomic E-state index is -0.381. The van der Waals surface area contributed by atoms with Gasteiger partial charge >= 0.3 is 0 Å². The molecule has 266 valence electrons. The van der Waals surface area contributed by atoms with Crippen molar-refractivity contribution in [2.24, 2.45) is 0 Å². The summed E-state index contributed by atoms with van der Waals surface area (Å²) in [5.74, 6) is 0.799. The summed E-state index contributed by atoms with van der Waals surface area (Å²) in [6.45, 7) is 4.14. The number of ether oxygens (including phenoxy) is 2. The lowest BCUT2D eigenvalue weighted by molar-refractivity contribution is -0.120. The number of nitrogens with zero attached hydrogens (tertiary/aromatic N) is 3. The van der Waals surface area contributed by atoms with Gasteiger partial charge in [0.15, 0.2) is 0 Å². The zero-order chi connectivity index (χ0) is 35.9. The monoisotopic (exact) mass is 712 g/mol. The molecule has 51 heavy (non-hydrogen) atoms. The minimum absolute atomic E-state index is 0.0634. The molecule has 4 aromatic rings. The van der Waals surface area contributed by atoms with Gasteiger partial charge in [-0.05, 0) is 49.6 Å². The van der Waals surface area contributed by atoms with Crippen LogP contribution < -0.4 is 36.1 Å². The third kappa shape index (κ3) is 8.44. The summed E-state index contributed by atoms with van der Waals surface area (Å²) in [6.07, 6.45) is 5.92. The van der Waals surface area contributed by atoms with Crippen molar-refractivity contribution in [2.45, 2.75) is 57.8 Å². The number of hydrogen-bond donors (Lipinski definition) is 5. The van der Waals surface area contributed by atoms with Gasteiger partial charge in [-0.3, -0.25) is 19.4 Å². The van der Waals surface area contributed by atoms with E-state index < -0.39 is 0 Å². The summed E-state index contributed by atoms with van der Waals surface area (Å²) >= 11 is 7.02. The first-order valence-corrected chi connectivity index (χ1v) is 17.2. The SMILES string of the molecule is COc1cnc(C(=O)Nc2cccc(-c3nccc(-c4ccc(CNC[C@H]5CCC(=O)N5)c(OC)n4)c3Cl)c2C)cc1CNC[C@@H]1CCC(=O)N1. The summed E-state index contributed by atoms with van der Waals surface area (Å²) < 4.78 is 11.1. The van der Waals surface area contributed by atoms with Gasteiger partial charge in [-0.25, -0.2) is 9.97 Å². The number of methoxy groups -OCH3 is 2. The molecule has 0 saturated carbocycles. The Balaban J connectivity index is 1.16. The fourth-order valence-corrected chi connectivity index (χ4v) is 6.64. The van der Waals surface area contributed by atoms with Crippen LogP contribution in [0.2, 0.25) is 5.02 Å².